The summed E-state index contributed by atoms with van der Waals surface area (Å²) in [6.45, 7) is 2.83. The van der Waals surface area contributed by atoms with Gasteiger partial charge in [0.2, 0.25) is 23.0 Å². The highest BCUT2D eigenvalue weighted by molar-refractivity contribution is 5.84. The molecule has 0 unspecified atom stereocenters. The number of nitrogens with zero attached hydrogens (tertiary/aromatic N) is 3. The third-order valence-electron chi connectivity index (χ3n) is 9.99. The molecule has 0 radical (unpaired) electrons. The average molecular weight is 682 g/mol. The number of benzene rings is 2. The normalized spacial score (nSPS) is 16.7. The molecule has 1 aromatic heterocycles. The Morgan fingerprint density at radius 1 is 0.960 bits per heavy atom. The lowest BCUT2D eigenvalue weighted by molar-refractivity contribution is -0.132. The number of likely N-dealkylation sites (tertiary alicyclic amines) is 1. The van der Waals surface area contributed by atoms with Crippen LogP contribution in [0.4, 0.5) is 5.69 Å². The minimum absolute atomic E-state index is 0.00581. The zero-order valence-electron chi connectivity index (χ0n) is 29.6. The number of fused-ring (bicyclic) bond motifs is 4. The second-order valence-electron chi connectivity index (χ2n) is 13.1. The molecule has 2 aliphatic rings. The van der Waals surface area contributed by atoms with Crippen LogP contribution in [0.25, 0.3) is 22.2 Å². The molecule has 11 heteroatoms. The van der Waals surface area contributed by atoms with Crippen molar-refractivity contribution in [3.05, 3.63) is 75.7 Å². The Bertz CT molecular complexity index is 1960. The lowest BCUT2D eigenvalue weighted by atomic mass is 9.95. The monoisotopic (exact) mass is 681 g/mol. The van der Waals surface area contributed by atoms with Gasteiger partial charge in [-0.2, -0.15) is 0 Å². The molecule has 0 saturated carbocycles. The van der Waals surface area contributed by atoms with Crippen LogP contribution in [-0.4, -0.2) is 60.7 Å². The Morgan fingerprint density at radius 3 is 2.50 bits per heavy atom. The van der Waals surface area contributed by atoms with Crippen LogP contribution in [0, 0.1) is 0 Å². The maximum Gasteiger partial charge on any atom is 0.223 e. The summed E-state index contributed by atoms with van der Waals surface area (Å²) in [6, 6.07) is 15.0. The number of carbonyl (C=O) groups excluding carboxylic acids is 2. The van der Waals surface area contributed by atoms with Gasteiger partial charge in [0.15, 0.2) is 11.5 Å². The van der Waals surface area contributed by atoms with E-state index >= 15 is 0 Å². The molecule has 2 atom stereocenters. The van der Waals surface area contributed by atoms with Gasteiger partial charge in [0.25, 0.3) is 0 Å². The number of aryl methyl sites for hydroxylation is 2. The highest BCUT2D eigenvalue weighted by atomic mass is 16.5. The van der Waals surface area contributed by atoms with Crippen molar-refractivity contribution >= 4 is 28.5 Å². The highest BCUT2D eigenvalue weighted by Gasteiger charge is 2.33. The van der Waals surface area contributed by atoms with Crippen LogP contribution in [0.15, 0.2) is 53.3 Å². The third-order valence-corrected chi connectivity index (χ3v) is 9.99. The number of nitrogens with one attached hydrogen (secondary N) is 2. The SMILES string of the molecule is COc1cc2c(c(OC)c1OC)-c1ccc(NCCCCCC(=O)N3CCC[C@H]3c3nc4ccccc4n3C)c(=O)cc1[C@@H](NC(C)=O)CC2. The van der Waals surface area contributed by atoms with E-state index in [2.05, 4.69) is 21.3 Å². The van der Waals surface area contributed by atoms with Crippen molar-refractivity contribution in [2.75, 3.05) is 39.7 Å². The molecule has 6 rings (SSSR count). The van der Waals surface area contributed by atoms with Gasteiger partial charge in [-0.25, -0.2) is 4.98 Å². The van der Waals surface area contributed by atoms with Crippen LogP contribution in [0.2, 0.25) is 0 Å². The highest BCUT2D eigenvalue weighted by Crippen LogP contribution is 2.50. The molecule has 0 bridgehead atoms. The van der Waals surface area contributed by atoms with E-state index in [9.17, 15) is 14.4 Å². The zero-order valence-corrected chi connectivity index (χ0v) is 29.6. The topological polar surface area (TPSA) is 124 Å². The molecule has 3 aromatic carbocycles. The van der Waals surface area contributed by atoms with Crippen molar-refractivity contribution in [1.82, 2.24) is 19.8 Å². The van der Waals surface area contributed by atoms with Crippen molar-refractivity contribution in [3.63, 3.8) is 0 Å². The predicted octanol–water partition coefficient (Wildman–Crippen LogP) is 6.09. The van der Waals surface area contributed by atoms with Crippen LogP contribution in [0.3, 0.4) is 0 Å². The summed E-state index contributed by atoms with van der Waals surface area (Å²) in [5.41, 5.74) is 5.65. The van der Waals surface area contributed by atoms with E-state index < -0.39 is 0 Å². The molecule has 4 aromatic rings. The smallest absolute Gasteiger partial charge is 0.223 e. The van der Waals surface area contributed by atoms with Gasteiger partial charge in [-0.1, -0.05) is 24.6 Å². The minimum atomic E-state index is -0.367. The van der Waals surface area contributed by atoms with Gasteiger partial charge in [0.1, 0.15) is 5.82 Å². The van der Waals surface area contributed by atoms with Gasteiger partial charge < -0.3 is 34.3 Å². The Morgan fingerprint density at radius 2 is 1.76 bits per heavy atom. The number of hydrogen-bond acceptors (Lipinski definition) is 8. The van der Waals surface area contributed by atoms with E-state index in [1.54, 1.807) is 33.5 Å². The molecular formula is C39H47N5O6. The number of unbranched alkanes of at least 4 members (excludes halogenated alkanes) is 2. The van der Waals surface area contributed by atoms with Crippen molar-refractivity contribution in [3.8, 4) is 28.4 Å². The second kappa shape index (κ2) is 15.2. The summed E-state index contributed by atoms with van der Waals surface area (Å²) >= 11 is 0. The Kier molecular flexibility index (Phi) is 10.6. The van der Waals surface area contributed by atoms with Crippen LogP contribution < -0.4 is 30.3 Å². The maximum atomic E-state index is 13.6. The number of rotatable bonds is 12. The number of hydrogen-bond donors (Lipinski definition) is 2. The molecule has 11 nitrogen and oxygen atoms in total. The number of aromatic nitrogens is 2. The van der Waals surface area contributed by atoms with Crippen LogP contribution in [0.1, 0.15) is 80.9 Å². The van der Waals surface area contributed by atoms with Crippen LogP contribution in [-0.2, 0) is 23.1 Å². The molecular weight excluding hydrogens is 634 g/mol. The molecule has 2 amide bonds. The molecule has 1 aliphatic carbocycles. The van der Waals surface area contributed by atoms with Crippen molar-refractivity contribution in [1.29, 1.82) is 0 Å². The molecule has 50 heavy (non-hydrogen) atoms. The number of para-hydroxylation sites is 2. The fourth-order valence-electron chi connectivity index (χ4n) is 7.59. The maximum absolute atomic E-state index is 13.6. The third kappa shape index (κ3) is 6.86. The Balaban J connectivity index is 1.13. The van der Waals surface area contributed by atoms with Gasteiger partial charge in [0, 0.05) is 39.0 Å². The first kappa shape index (κ1) is 34.8. The fourth-order valence-corrected chi connectivity index (χ4v) is 7.59. The molecule has 2 N–H and O–H groups in total. The first-order chi connectivity index (χ1) is 24.2. The summed E-state index contributed by atoms with van der Waals surface area (Å²) in [4.78, 5) is 46.0. The van der Waals surface area contributed by atoms with E-state index in [4.69, 9.17) is 19.2 Å². The number of imidazole rings is 1. The predicted molar refractivity (Wildman–Crippen MR) is 194 cm³/mol. The first-order valence-corrected chi connectivity index (χ1v) is 17.5. The molecule has 264 valence electrons. The number of amides is 2. The van der Waals surface area contributed by atoms with Crippen LogP contribution in [0.5, 0.6) is 17.2 Å². The van der Waals surface area contributed by atoms with Crippen molar-refractivity contribution < 1.29 is 23.8 Å². The summed E-state index contributed by atoms with van der Waals surface area (Å²) in [5, 5.41) is 6.38. The minimum Gasteiger partial charge on any atom is -0.493 e. The van der Waals surface area contributed by atoms with Crippen molar-refractivity contribution in [2.45, 2.75) is 70.4 Å². The summed E-state index contributed by atoms with van der Waals surface area (Å²) in [7, 11) is 6.76. The van der Waals surface area contributed by atoms with E-state index in [1.807, 2.05) is 42.3 Å². The number of ether oxygens (including phenoxy) is 3. The standard InChI is InChI=1S/C39H47N5O6/c1-24(45)41-28-18-16-25-22-34(48-3)37(49-4)38(50-5)36(25)26-17-19-30(33(46)23-27(26)28)40-20-10-6-7-15-35(47)44-21-11-14-32(44)39-42-29-12-8-9-13-31(29)43(39)2/h8-9,12-13,17,19,22-23,28,32H,6-7,10-11,14-16,18,20-21H2,1-5H3,(H,40,46)(H,41,45)/t28-,32-/m0/s1. The molecule has 2 heterocycles. The summed E-state index contributed by atoms with van der Waals surface area (Å²) in [6.07, 6.45) is 6.05. The Labute approximate surface area is 292 Å². The van der Waals surface area contributed by atoms with Crippen LogP contribution >= 0.6 is 0 Å². The van der Waals surface area contributed by atoms with E-state index in [-0.39, 0.29) is 29.3 Å². The molecule has 1 fully saturated rings. The van der Waals surface area contributed by atoms with Gasteiger partial charge >= 0.3 is 0 Å². The van der Waals surface area contributed by atoms with E-state index in [0.717, 1.165) is 77.8 Å². The lowest BCUT2D eigenvalue weighted by Crippen LogP contribution is -2.31. The van der Waals surface area contributed by atoms with Gasteiger partial charge in [-0.05, 0) is 85.5 Å². The lowest BCUT2D eigenvalue weighted by Gasteiger charge is -2.24. The summed E-state index contributed by atoms with van der Waals surface area (Å²) in [5.74, 6) is 2.49. The second-order valence-corrected chi connectivity index (χ2v) is 13.1. The van der Waals surface area contributed by atoms with Crippen molar-refractivity contribution in [2.24, 2.45) is 7.05 Å². The van der Waals surface area contributed by atoms with Gasteiger partial charge in [0.05, 0.1) is 50.1 Å². The average Bonchev–Trinajstić information content (AvgIpc) is 3.65. The molecule has 1 aliphatic heterocycles. The fraction of sp³-hybridized carbons (Fsp3) is 0.436. The molecule has 0 spiro atoms. The van der Waals surface area contributed by atoms with E-state index in [0.29, 0.717) is 48.7 Å². The quantitative estimate of drug-likeness (QED) is 0.172. The zero-order chi connectivity index (χ0) is 35.4. The largest absolute Gasteiger partial charge is 0.493 e. The molecule has 1 saturated heterocycles. The number of methoxy groups -OCH3 is 3. The first-order valence-electron chi connectivity index (χ1n) is 17.5. The van der Waals surface area contributed by atoms with Gasteiger partial charge in [-0.3, -0.25) is 14.4 Å². The number of anilines is 1. The van der Waals surface area contributed by atoms with Gasteiger partial charge in [-0.15, -0.1) is 0 Å². The number of carbonyl (C=O) groups is 2. The summed E-state index contributed by atoms with van der Waals surface area (Å²) < 4.78 is 19.3. The Hall–Kier alpha value is -5.06. The van der Waals surface area contributed by atoms with E-state index in [1.165, 1.54) is 6.92 Å².